The fraction of sp³-hybridized carbons (Fsp3) is 0.667. The average molecular weight is 687 g/mol. The van der Waals surface area contributed by atoms with E-state index in [1.165, 1.54) is 0 Å². The highest BCUT2D eigenvalue weighted by atomic mass is 127. The maximum atomic E-state index is 14.0. The Kier molecular flexibility index (Phi) is 8.52. The molecule has 37 heavy (non-hydrogen) atoms. The predicted octanol–water partition coefficient (Wildman–Crippen LogP) is -0.466. The molecular weight excluding hydrogens is 667 g/mol. The van der Waals surface area contributed by atoms with Gasteiger partial charge in [0.05, 0.1) is 22.0 Å². The first-order chi connectivity index (χ1) is 17.0. The SMILES string of the molecule is C=C(I)C(=O)OCCOC(=O)C1C2CC3C(OC(=O)C31)C2OS(=O)(=O)NS(=O)(=O)C(F)(F)C(=O)OCC. The van der Waals surface area contributed by atoms with Crippen LogP contribution in [0.15, 0.2) is 10.2 Å². The zero-order valence-corrected chi connectivity index (χ0v) is 22.5. The Morgan fingerprint density at radius 1 is 1.14 bits per heavy atom. The van der Waals surface area contributed by atoms with Gasteiger partial charge in [-0.1, -0.05) is 10.7 Å². The summed E-state index contributed by atoms with van der Waals surface area (Å²) in [5.74, 6) is -9.02. The number of halogens is 3. The Hall–Kier alpha value is -1.97. The Labute approximate surface area is 222 Å². The van der Waals surface area contributed by atoms with Gasteiger partial charge in [-0.15, -0.1) is 0 Å². The molecule has 19 heteroatoms. The van der Waals surface area contributed by atoms with Crippen molar-refractivity contribution in [1.29, 1.82) is 0 Å². The van der Waals surface area contributed by atoms with Crippen LogP contribution in [0.2, 0.25) is 0 Å². The van der Waals surface area contributed by atoms with Crippen molar-refractivity contribution in [3.05, 3.63) is 10.2 Å². The van der Waals surface area contributed by atoms with Gasteiger partial charge in [-0.05, 0) is 35.9 Å². The van der Waals surface area contributed by atoms with Crippen molar-refractivity contribution in [2.75, 3.05) is 19.8 Å². The topological polar surface area (TPSA) is 195 Å². The highest BCUT2D eigenvalue weighted by molar-refractivity contribution is 14.1. The molecule has 14 nitrogen and oxygen atoms in total. The molecule has 0 aromatic carbocycles. The Morgan fingerprint density at radius 2 is 1.76 bits per heavy atom. The van der Waals surface area contributed by atoms with Gasteiger partial charge >= 0.3 is 49.5 Å². The molecule has 6 unspecified atom stereocenters. The Balaban J connectivity index is 1.71. The van der Waals surface area contributed by atoms with Gasteiger partial charge in [0.25, 0.3) is 0 Å². The molecule has 0 amide bonds. The van der Waals surface area contributed by atoms with Crippen LogP contribution >= 0.6 is 22.6 Å². The lowest BCUT2D eigenvalue weighted by Gasteiger charge is -2.29. The van der Waals surface area contributed by atoms with Gasteiger partial charge in [0, 0.05) is 11.8 Å². The van der Waals surface area contributed by atoms with Crippen LogP contribution in [0.5, 0.6) is 0 Å². The second-order valence-corrected chi connectivity index (χ2v) is 12.7. The number of alkyl halides is 2. The number of ether oxygens (including phenoxy) is 4. The van der Waals surface area contributed by atoms with Gasteiger partial charge < -0.3 is 18.9 Å². The van der Waals surface area contributed by atoms with Gasteiger partial charge in [0.15, 0.2) is 0 Å². The first kappa shape index (κ1) is 29.6. The van der Waals surface area contributed by atoms with Gasteiger partial charge in [-0.2, -0.15) is 17.2 Å². The van der Waals surface area contributed by atoms with E-state index in [-0.39, 0.29) is 16.6 Å². The lowest BCUT2D eigenvalue weighted by Crippen LogP contribution is -2.51. The summed E-state index contributed by atoms with van der Waals surface area (Å²) in [4.78, 5) is 47.7. The van der Waals surface area contributed by atoms with Crippen LogP contribution in [0, 0.1) is 23.7 Å². The summed E-state index contributed by atoms with van der Waals surface area (Å²) >= 11 is 1.62. The molecule has 0 spiro atoms. The number of sulfonamides is 1. The van der Waals surface area contributed by atoms with Crippen LogP contribution in [-0.4, -0.2) is 78.0 Å². The lowest BCUT2D eigenvalue weighted by molar-refractivity contribution is -0.160. The van der Waals surface area contributed by atoms with Gasteiger partial charge in [-0.25, -0.2) is 22.2 Å². The highest BCUT2D eigenvalue weighted by Gasteiger charge is 2.70. The molecule has 0 radical (unpaired) electrons. The third-order valence-electron chi connectivity index (χ3n) is 5.90. The van der Waals surface area contributed by atoms with Gasteiger partial charge in [0.1, 0.15) is 25.4 Å². The number of nitrogens with one attached hydrogen (secondary N) is 1. The number of carbonyl (C=O) groups excluding carboxylic acids is 4. The van der Waals surface area contributed by atoms with Gasteiger partial charge in [0.2, 0.25) is 0 Å². The summed E-state index contributed by atoms with van der Waals surface area (Å²) in [6.45, 7) is 3.13. The van der Waals surface area contributed by atoms with Crippen molar-refractivity contribution < 1.29 is 67.9 Å². The molecule has 3 aliphatic rings. The number of esters is 4. The molecule has 6 atom stereocenters. The second-order valence-electron chi connectivity index (χ2n) is 8.06. The molecule has 1 N–H and O–H groups in total. The van der Waals surface area contributed by atoms with E-state index in [0.29, 0.717) is 4.13 Å². The second kappa shape index (κ2) is 10.7. The number of rotatable bonds is 12. The minimum absolute atomic E-state index is 0.0520. The van der Waals surface area contributed by atoms with Crippen LogP contribution in [0.25, 0.3) is 0 Å². The number of carbonyl (C=O) groups is 4. The molecule has 2 aliphatic carbocycles. The fourth-order valence-electron chi connectivity index (χ4n) is 4.57. The molecule has 1 saturated heterocycles. The molecule has 3 fully saturated rings. The third kappa shape index (κ3) is 5.73. The smallest absolute Gasteiger partial charge is 0.455 e. The maximum absolute atomic E-state index is 14.0. The van der Waals surface area contributed by atoms with Crippen LogP contribution in [0.3, 0.4) is 0 Å². The summed E-state index contributed by atoms with van der Waals surface area (Å²) in [6.07, 6.45) is -2.77. The number of hydrogen-bond acceptors (Lipinski definition) is 13. The minimum atomic E-state index is -6.19. The molecular formula is C18H20F2INO13S2. The van der Waals surface area contributed by atoms with Crippen LogP contribution in [0.1, 0.15) is 13.3 Å². The fourth-order valence-corrected chi connectivity index (χ4v) is 7.20. The van der Waals surface area contributed by atoms with Gasteiger partial charge in [-0.3, -0.25) is 9.59 Å². The largest absolute Gasteiger partial charge is 0.462 e. The van der Waals surface area contributed by atoms with Crippen LogP contribution < -0.4 is 4.13 Å². The quantitative estimate of drug-likeness (QED) is 0.0911. The predicted molar refractivity (Wildman–Crippen MR) is 121 cm³/mol. The van der Waals surface area contributed by atoms with E-state index in [4.69, 9.17) is 18.4 Å². The number of fused-ring (bicyclic) bond motifs is 1. The van der Waals surface area contributed by atoms with E-state index >= 15 is 0 Å². The first-order valence-corrected chi connectivity index (χ1v) is 14.4. The lowest BCUT2D eigenvalue weighted by atomic mass is 9.78. The zero-order chi connectivity index (χ0) is 27.9. The molecule has 0 aromatic heterocycles. The first-order valence-electron chi connectivity index (χ1n) is 10.4. The molecule has 0 aromatic rings. The van der Waals surface area contributed by atoms with Crippen molar-refractivity contribution in [1.82, 2.24) is 4.13 Å². The van der Waals surface area contributed by atoms with Crippen molar-refractivity contribution in [3.63, 3.8) is 0 Å². The maximum Gasteiger partial charge on any atom is 0.455 e. The van der Waals surface area contributed by atoms with E-state index in [9.17, 15) is 44.8 Å². The minimum Gasteiger partial charge on any atom is -0.462 e. The molecule has 208 valence electrons. The van der Waals surface area contributed by atoms with Crippen molar-refractivity contribution in [3.8, 4) is 0 Å². The van der Waals surface area contributed by atoms with Crippen LogP contribution in [-0.2, 0) is 62.6 Å². The van der Waals surface area contributed by atoms with Crippen molar-refractivity contribution >= 4 is 66.8 Å². The zero-order valence-electron chi connectivity index (χ0n) is 18.8. The summed E-state index contributed by atoms with van der Waals surface area (Å²) in [5.41, 5.74) is 0. The molecule has 3 rings (SSSR count). The highest BCUT2D eigenvalue weighted by Crippen LogP contribution is 2.59. The summed E-state index contributed by atoms with van der Waals surface area (Å²) in [5, 5.41) is -5.28. The Morgan fingerprint density at radius 3 is 2.35 bits per heavy atom. The average Bonchev–Trinajstić information content (AvgIpc) is 3.39. The standard InChI is InChI=1S/C18H20F2INO13S2/c1-3-31-17(26)18(19,20)36(27,28)22-37(29,30)35-13-9-6-8-11(16(25)34-12(8)13)10(9)15(24)33-5-4-32-14(23)7(2)21/h8-13,22H,2-6H2,1H3. The number of hydrogen-bond donors (Lipinski definition) is 1. The monoisotopic (exact) mass is 687 g/mol. The molecule has 1 heterocycles. The molecule has 2 saturated carbocycles. The third-order valence-corrected chi connectivity index (χ3v) is 9.35. The molecule has 1 aliphatic heterocycles. The van der Waals surface area contributed by atoms with Crippen LogP contribution in [0.4, 0.5) is 8.78 Å². The van der Waals surface area contributed by atoms with E-state index in [1.54, 1.807) is 22.6 Å². The summed E-state index contributed by atoms with van der Waals surface area (Å²) < 4.78 is 101. The van der Waals surface area contributed by atoms with E-state index in [2.05, 4.69) is 11.3 Å². The summed E-state index contributed by atoms with van der Waals surface area (Å²) in [7, 11) is -11.7. The van der Waals surface area contributed by atoms with Crippen molar-refractivity contribution in [2.24, 2.45) is 23.7 Å². The van der Waals surface area contributed by atoms with E-state index < -0.39 is 98.6 Å². The van der Waals surface area contributed by atoms with E-state index in [0.717, 1.165) is 6.92 Å². The summed E-state index contributed by atoms with van der Waals surface area (Å²) in [6, 6.07) is 0. The van der Waals surface area contributed by atoms with E-state index in [1.807, 2.05) is 0 Å². The molecule has 2 bridgehead atoms. The van der Waals surface area contributed by atoms with Crippen molar-refractivity contribution in [2.45, 2.75) is 30.8 Å². The normalized spacial score (nSPS) is 28.5. The Bertz CT molecular complexity index is 1220.